The highest BCUT2D eigenvalue weighted by atomic mass is 35.5. The Bertz CT molecular complexity index is 962. The van der Waals surface area contributed by atoms with Crippen LogP contribution in [0.5, 0.6) is 0 Å². The fourth-order valence-corrected chi connectivity index (χ4v) is 3.91. The molecule has 0 heterocycles. The normalized spacial score (nSPS) is 12.2. The first kappa shape index (κ1) is 23.8. The van der Waals surface area contributed by atoms with Crippen LogP contribution in [0, 0.1) is 0 Å². The number of carbonyl (C=O) groups is 2. The number of anilines is 1. The van der Waals surface area contributed by atoms with E-state index in [2.05, 4.69) is 10.0 Å². The Hall–Kier alpha value is -2.46. The van der Waals surface area contributed by atoms with Crippen LogP contribution in [0.15, 0.2) is 53.4 Å². The molecule has 0 aromatic heterocycles. The first-order valence-corrected chi connectivity index (χ1v) is 11.1. The summed E-state index contributed by atoms with van der Waals surface area (Å²) in [6.45, 7) is 1.63. The van der Waals surface area contributed by atoms with Crippen molar-refractivity contribution >= 4 is 39.2 Å². The minimum atomic E-state index is -3.99. The van der Waals surface area contributed by atoms with Gasteiger partial charge in [-0.25, -0.2) is 8.42 Å². The van der Waals surface area contributed by atoms with Crippen molar-refractivity contribution in [3.63, 3.8) is 0 Å². The van der Waals surface area contributed by atoms with Crippen LogP contribution >= 0.6 is 11.6 Å². The molecule has 8 nitrogen and oxygen atoms in total. The predicted octanol–water partition coefficient (Wildman–Crippen LogP) is 2.11. The average molecular weight is 455 g/mol. The van der Waals surface area contributed by atoms with Crippen LogP contribution in [0.4, 0.5) is 5.69 Å². The minimum Gasteiger partial charge on any atom is -0.466 e. The lowest BCUT2D eigenvalue weighted by molar-refractivity contribution is -0.142. The molecule has 162 valence electrons. The molecule has 0 saturated heterocycles. The number of halogens is 1. The molecule has 0 aliphatic heterocycles. The smallest absolute Gasteiger partial charge is 0.310 e. The van der Waals surface area contributed by atoms with E-state index in [0.29, 0.717) is 22.9 Å². The number of aliphatic hydroxyl groups excluding tert-OH is 1. The molecular weight excluding hydrogens is 432 g/mol. The monoisotopic (exact) mass is 454 g/mol. The van der Waals surface area contributed by atoms with Crippen molar-refractivity contribution in [1.29, 1.82) is 0 Å². The molecule has 0 spiro atoms. The topological polar surface area (TPSA) is 122 Å². The lowest BCUT2D eigenvalue weighted by atomic mass is 10.1. The first-order valence-electron chi connectivity index (χ1n) is 9.19. The van der Waals surface area contributed by atoms with Gasteiger partial charge in [0.25, 0.3) is 0 Å². The van der Waals surface area contributed by atoms with Crippen LogP contribution in [0.2, 0.25) is 5.02 Å². The zero-order valence-electron chi connectivity index (χ0n) is 16.3. The Balaban J connectivity index is 2.06. The quantitative estimate of drug-likeness (QED) is 0.473. The number of aliphatic hydroxyl groups is 1. The average Bonchev–Trinajstić information content (AvgIpc) is 2.69. The number of hydrogen-bond acceptors (Lipinski definition) is 6. The summed E-state index contributed by atoms with van der Waals surface area (Å²) < 4.78 is 32.2. The molecule has 10 heteroatoms. The van der Waals surface area contributed by atoms with E-state index in [1.807, 2.05) is 0 Å². The summed E-state index contributed by atoms with van der Waals surface area (Å²) in [5, 5.41) is 12.2. The highest BCUT2D eigenvalue weighted by molar-refractivity contribution is 7.89. The van der Waals surface area contributed by atoms with E-state index in [0.717, 1.165) is 0 Å². The molecule has 3 N–H and O–H groups in total. The van der Waals surface area contributed by atoms with Gasteiger partial charge in [-0.05, 0) is 55.3 Å². The SMILES string of the molecule is CCOC(=O)Cc1ccc(NC(=O)C(CCO)NS(=O)(=O)c2ccc(Cl)cc2)cc1. The second-order valence-electron chi connectivity index (χ2n) is 6.31. The summed E-state index contributed by atoms with van der Waals surface area (Å²) in [7, 11) is -3.99. The maximum Gasteiger partial charge on any atom is 0.310 e. The van der Waals surface area contributed by atoms with Gasteiger partial charge in [-0.15, -0.1) is 0 Å². The summed E-state index contributed by atoms with van der Waals surface area (Å²) in [6.07, 6.45) is -0.00428. The third-order valence-corrected chi connectivity index (χ3v) is 5.77. The molecule has 0 saturated carbocycles. The van der Waals surface area contributed by atoms with Crippen LogP contribution in [0.3, 0.4) is 0 Å². The standard InChI is InChI=1S/C20H23ClN2O6S/c1-2-29-19(25)13-14-3-7-16(8-4-14)22-20(26)18(11-12-24)23-30(27,28)17-9-5-15(21)6-10-17/h3-10,18,23-24H,2,11-13H2,1H3,(H,22,26). The Morgan fingerprint density at radius 3 is 2.30 bits per heavy atom. The molecule has 1 atom stereocenters. The molecule has 0 bridgehead atoms. The van der Waals surface area contributed by atoms with Gasteiger partial charge in [0, 0.05) is 17.3 Å². The molecule has 30 heavy (non-hydrogen) atoms. The van der Waals surface area contributed by atoms with Gasteiger partial charge in [-0.2, -0.15) is 4.72 Å². The van der Waals surface area contributed by atoms with E-state index in [1.165, 1.54) is 24.3 Å². The van der Waals surface area contributed by atoms with Crippen molar-refractivity contribution in [2.24, 2.45) is 0 Å². The Morgan fingerprint density at radius 2 is 1.73 bits per heavy atom. The minimum absolute atomic E-state index is 0.0500. The second kappa shape index (κ2) is 11.1. The maximum atomic E-state index is 12.6. The van der Waals surface area contributed by atoms with Crippen LogP contribution in [-0.4, -0.2) is 44.7 Å². The van der Waals surface area contributed by atoms with Gasteiger partial charge >= 0.3 is 5.97 Å². The second-order valence-corrected chi connectivity index (χ2v) is 8.46. The molecule has 2 aromatic carbocycles. The highest BCUT2D eigenvalue weighted by Gasteiger charge is 2.25. The van der Waals surface area contributed by atoms with Crippen molar-refractivity contribution in [3.8, 4) is 0 Å². The Morgan fingerprint density at radius 1 is 1.10 bits per heavy atom. The summed E-state index contributed by atoms with van der Waals surface area (Å²) in [4.78, 5) is 24.0. The molecule has 0 fully saturated rings. The van der Waals surface area contributed by atoms with Crippen molar-refractivity contribution in [1.82, 2.24) is 4.72 Å². The van der Waals surface area contributed by atoms with Gasteiger partial charge < -0.3 is 15.2 Å². The Labute approximate surface area is 180 Å². The molecule has 0 aliphatic rings. The molecule has 1 unspecified atom stereocenters. The third-order valence-electron chi connectivity index (χ3n) is 4.03. The van der Waals surface area contributed by atoms with Crippen LogP contribution in [0.25, 0.3) is 0 Å². The summed E-state index contributed by atoms with van der Waals surface area (Å²) in [5.74, 6) is -0.978. The van der Waals surface area contributed by atoms with Gasteiger partial charge in [-0.1, -0.05) is 23.7 Å². The van der Waals surface area contributed by atoms with Gasteiger partial charge in [0.15, 0.2) is 0 Å². The molecule has 2 aromatic rings. The van der Waals surface area contributed by atoms with Gasteiger partial charge in [0.2, 0.25) is 15.9 Å². The van der Waals surface area contributed by atoms with E-state index in [9.17, 15) is 23.1 Å². The lowest BCUT2D eigenvalue weighted by Gasteiger charge is -2.18. The number of amides is 1. The van der Waals surface area contributed by atoms with Crippen molar-refractivity contribution in [3.05, 3.63) is 59.1 Å². The molecule has 0 radical (unpaired) electrons. The summed E-state index contributed by atoms with van der Waals surface area (Å²) >= 11 is 5.77. The van der Waals surface area contributed by atoms with Crippen LogP contribution in [0.1, 0.15) is 18.9 Å². The number of hydrogen-bond donors (Lipinski definition) is 3. The largest absolute Gasteiger partial charge is 0.466 e. The van der Waals surface area contributed by atoms with Gasteiger partial charge in [0.1, 0.15) is 6.04 Å². The van der Waals surface area contributed by atoms with E-state index in [1.54, 1.807) is 31.2 Å². The highest BCUT2D eigenvalue weighted by Crippen LogP contribution is 2.16. The zero-order chi connectivity index (χ0) is 22.1. The van der Waals surface area contributed by atoms with Crippen LogP contribution in [-0.2, 0) is 30.8 Å². The molecule has 1 amide bonds. The van der Waals surface area contributed by atoms with Crippen molar-refractivity contribution in [2.45, 2.75) is 30.7 Å². The van der Waals surface area contributed by atoms with E-state index in [-0.39, 0.29) is 30.3 Å². The number of carbonyl (C=O) groups excluding carboxylic acids is 2. The van der Waals surface area contributed by atoms with Gasteiger partial charge in [0.05, 0.1) is 17.9 Å². The van der Waals surface area contributed by atoms with Crippen molar-refractivity contribution < 1.29 is 27.9 Å². The number of ether oxygens (including phenoxy) is 1. The number of nitrogens with one attached hydrogen (secondary N) is 2. The molecule has 0 aliphatic carbocycles. The number of sulfonamides is 1. The van der Waals surface area contributed by atoms with Gasteiger partial charge in [-0.3, -0.25) is 9.59 Å². The van der Waals surface area contributed by atoms with Crippen LogP contribution < -0.4 is 10.0 Å². The lowest BCUT2D eigenvalue weighted by Crippen LogP contribution is -2.44. The zero-order valence-corrected chi connectivity index (χ0v) is 17.9. The van der Waals surface area contributed by atoms with E-state index < -0.39 is 22.0 Å². The fraction of sp³-hybridized carbons (Fsp3) is 0.300. The van der Waals surface area contributed by atoms with E-state index >= 15 is 0 Å². The Kier molecular flexibility index (Phi) is 8.79. The van der Waals surface area contributed by atoms with Crippen molar-refractivity contribution in [2.75, 3.05) is 18.5 Å². The molecular formula is C20H23ClN2O6S. The number of benzene rings is 2. The van der Waals surface area contributed by atoms with E-state index in [4.69, 9.17) is 16.3 Å². The summed E-state index contributed by atoms with van der Waals surface area (Å²) in [6, 6.07) is 10.8. The number of rotatable bonds is 10. The third kappa shape index (κ3) is 7.10. The summed E-state index contributed by atoms with van der Waals surface area (Å²) in [5.41, 5.74) is 1.13. The number of esters is 1. The predicted molar refractivity (Wildman–Crippen MR) is 113 cm³/mol. The maximum absolute atomic E-state index is 12.6. The first-order chi connectivity index (χ1) is 14.2. The molecule has 2 rings (SSSR count). The fourth-order valence-electron chi connectivity index (χ4n) is 2.56.